The van der Waals surface area contributed by atoms with Gasteiger partial charge in [-0.25, -0.2) is 0 Å². The van der Waals surface area contributed by atoms with E-state index in [1.54, 1.807) is 19.2 Å². The number of aliphatic imine (C=N–C) groups is 1. The van der Waals surface area contributed by atoms with Gasteiger partial charge in [0.2, 0.25) is 5.88 Å². The molecule has 0 radical (unpaired) electrons. The van der Waals surface area contributed by atoms with E-state index in [1.165, 1.54) is 10.8 Å². The molecule has 5 nitrogen and oxygen atoms in total. The van der Waals surface area contributed by atoms with Gasteiger partial charge >= 0.3 is 4.87 Å². The average Bonchev–Trinajstić information content (AvgIpc) is 2.72. The maximum atomic E-state index is 11.9. The van der Waals surface area contributed by atoms with Crippen molar-refractivity contribution in [2.75, 3.05) is 7.11 Å². The largest absolute Gasteiger partial charge is 0.494 e. The van der Waals surface area contributed by atoms with E-state index in [9.17, 15) is 9.90 Å². The van der Waals surface area contributed by atoms with Crippen molar-refractivity contribution in [2.45, 2.75) is 20.4 Å². The Morgan fingerprint density at radius 3 is 2.81 bits per heavy atom. The summed E-state index contributed by atoms with van der Waals surface area (Å²) >= 11 is 0.983. The number of aromatic nitrogens is 1. The van der Waals surface area contributed by atoms with Gasteiger partial charge in [-0.05, 0) is 18.1 Å². The number of hydrogen-bond donors (Lipinski definition) is 1. The fraction of sp³-hybridized carbons (Fsp3) is 0.333. The van der Waals surface area contributed by atoms with Crippen molar-refractivity contribution >= 4 is 23.2 Å². The molecule has 21 heavy (non-hydrogen) atoms. The number of ether oxygens (including phenoxy) is 1. The molecule has 2 aromatic rings. The highest BCUT2D eigenvalue weighted by atomic mass is 32.1. The maximum Gasteiger partial charge on any atom is 0.310 e. The topological polar surface area (TPSA) is 63.8 Å². The van der Waals surface area contributed by atoms with E-state index < -0.39 is 0 Å². The first-order valence-corrected chi connectivity index (χ1v) is 7.44. The van der Waals surface area contributed by atoms with Gasteiger partial charge < -0.3 is 9.84 Å². The lowest BCUT2D eigenvalue weighted by molar-refractivity contribution is 0.389. The Kier molecular flexibility index (Phi) is 4.80. The molecule has 2 rings (SSSR count). The Labute approximate surface area is 127 Å². The summed E-state index contributed by atoms with van der Waals surface area (Å²) in [5.74, 6) is 0.891. The van der Waals surface area contributed by atoms with E-state index >= 15 is 0 Å². The third-order valence-electron chi connectivity index (χ3n) is 2.85. The zero-order valence-electron chi connectivity index (χ0n) is 12.2. The van der Waals surface area contributed by atoms with Crippen LogP contribution in [0.2, 0.25) is 0 Å². The van der Waals surface area contributed by atoms with Gasteiger partial charge in [-0.2, -0.15) is 0 Å². The molecule has 0 aliphatic heterocycles. The minimum atomic E-state index is -0.178. The van der Waals surface area contributed by atoms with Crippen LogP contribution >= 0.6 is 11.3 Å². The van der Waals surface area contributed by atoms with Crippen LogP contribution in [0.25, 0.3) is 0 Å². The highest BCUT2D eigenvalue weighted by molar-refractivity contribution is 7.11. The molecule has 0 atom stereocenters. The molecule has 0 saturated carbocycles. The Bertz CT molecular complexity index is 701. The van der Waals surface area contributed by atoms with Crippen LogP contribution in [0.3, 0.4) is 0 Å². The summed E-state index contributed by atoms with van der Waals surface area (Å²) in [4.78, 5) is 16.4. The summed E-state index contributed by atoms with van der Waals surface area (Å²) in [7, 11) is 1.57. The van der Waals surface area contributed by atoms with Gasteiger partial charge in [-0.1, -0.05) is 37.3 Å². The van der Waals surface area contributed by atoms with E-state index in [1.807, 2.05) is 26.0 Å². The van der Waals surface area contributed by atoms with E-state index in [0.29, 0.717) is 22.9 Å². The number of thiazole rings is 1. The number of hydrogen-bond acceptors (Lipinski definition) is 5. The number of aromatic hydroxyl groups is 1. The van der Waals surface area contributed by atoms with Gasteiger partial charge in [-0.3, -0.25) is 14.4 Å². The van der Waals surface area contributed by atoms with Gasteiger partial charge in [-0.15, -0.1) is 0 Å². The predicted molar refractivity (Wildman–Crippen MR) is 85.3 cm³/mol. The molecule has 0 bridgehead atoms. The van der Waals surface area contributed by atoms with Crippen molar-refractivity contribution in [3.63, 3.8) is 0 Å². The van der Waals surface area contributed by atoms with E-state index in [0.717, 1.165) is 11.3 Å². The molecule has 0 spiro atoms. The van der Waals surface area contributed by atoms with Crippen molar-refractivity contribution in [3.05, 3.63) is 38.8 Å². The van der Waals surface area contributed by atoms with Crippen molar-refractivity contribution in [1.29, 1.82) is 0 Å². The first kappa shape index (κ1) is 15.3. The average molecular weight is 306 g/mol. The van der Waals surface area contributed by atoms with Crippen LogP contribution in [0.5, 0.6) is 11.6 Å². The Morgan fingerprint density at radius 1 is 1.43 bits per heavy atom. The first-order valence-electron chi connectivity index (χ1n) is 6.62. The minimum absolute atomic E-state index is 0.0302. The van der Waals surface area contributed by atoms with Gasteiger partial charge in [0.25, 0.3) is 0 Å². The molecular formula is C15H18N2O3S. The Balaban J connectivity index is 2.32. The van der Waals surface area contributed by atoms with Gasteiger partial charge in [0.05, 0.1) is 13.3 Å². The zero-order valence-corrected chi connectivity index (χ0v) is 13.1. The second-order valence-electron chi connectivity index (χ2n) is 4.99. The van der Waals surface area contributed by atoms with Crippen molar-refractivity contribution in [1.82, 2.24) is 4.57 Å². The summed E-state index contributed by atoms with van der Waals surface area (Å²) in [5, 5.41) is 10.1. The molecule has 0 aliphatic rings. The van der Waals surface area contributed by atoms with Crippen molar-refractivity contribution in [2.24, 2.45) is 10.9 Å². The summed E-state index contributed by atoms with van der Waals surface area (Å²) in [6, 6.07) is 7.31. The van der Waals surface area contributed by atoms with Gasteiger partial charge in [0.1, 0.15) is 16.3 Å². The van der Waals surface area contributed by atoms with Crippen molar-refractivity contribution < 1.29 is 9.84 Å². The Hall–Kier alpha value is -2.08. The van der Waals surface area contributed by atoms with Crippen LogP contribution in [-0.2, 0) is 6.54 Å². The molecule has 112 valence electrons. The molecule has 1 aromatic carbocycles. The molecule has 0 unspecified atom stereocenters. The Morgan fingerprint density at radius 2 is 2.14 bits per heavy atom. The SMILES string of the molecule is COc1ccccc1N=Cc1sc(=O)n(CC(C)C)c1O. The second-order valence-corrected chi connectivity index (χ2v) is 5.98. The molecular weight excluding hydrogens is 288 g/mol. The number of benzene rings is 1. The van der Waals surface area contributed by atoms with E-state index in [-0.39, 0.29) is 16.7 Å². The minimum Gasteiger partial charge on any atom is -0.494 e. The fourth-order valence-electron chi connectivity index (χ4n) is 1.89. The molecule has 6 heteroatoms. The quantitative estimate of drug-likeness (QED) is 0.864. The molecule has 1 heterocycles. The number of methoxy groups -OCH3 is 1. The lowest BCUT2D eigenvalue weighted by Gasteiger charge is -2.06. The maximum absolute atomic E-state index is 11.9. The number of rotatable bonds is 5. The van der Waals surface area contributed by atoms with Crippen LogP contribution in [0.1, 0.15) is 18.7 Å². The molecule has 1 N–H and O–H groups in total. The highest BCUT2D eigenvalue weighted by Gasteiger charge is 2.13. The zero-order chi connectivity index (χ0) is 15.4. The molecule has 0 saturated heterocycles. The lowest BCUT2D eigenvalue weighted by atomic mass is 10.2. The fourth-order valence-corrected chi connectivity index (χ4v) is 2.66. The normalized spacial score (nSPS) is 11.4. The third-order valence-corrected chi connectivity index (χ3v) is 3.75. The predicted octanol–water partition coefficient (Wildman–Crippen LogP) is 3.03. The summed E-state index contributed by atoms with van der Waals surface area (Å²) in [6.45, 7) is 4.47. The van der Waals surface area contributed by atoms with E-state index in [4.69, 9.17) is 4.74 Å². The van der Waals surface area contributed by atoms with Crippen LogP contribution in [0.4, 0.5) is 5.69 Å². The van der Waals surface area contributed by atoms with Crippen LogP contribution < -0.4 is 9.61 Å². The monoisotopic (exact) mass is 306 g/mol. The van der Waals surface area contributed by atoms with Gasteiger partial charge in [0, 0.05) is 6.54 Å². The summed E-state index contributed by atoms with van der Waals surface area (Å²) in [5.41, 5.74) is 0.649. The number of para-hydroxylation sites is 2. The molecule has 0 aliphatic carbocycles. The molecule has 0 amide bonds. The molecule has 0 fully saturated rings. The lowest BCUT2D eigenvalue weighted by Crippen LogP contribution is -2.15. The van der Waals surface area contributed by atoms with Gasteiger partial charge in [0.15, 0.2) is 0 Å². The standard InChI is InChI=1S/C15H18N2O3S/c1-10(2)9-17-14(18)13(21-15(17)19)8-16-11-6-4-5-7-12(11)20-3/h4-8,10,18H,9H2,1-3H3. The first-order chi connectivity index (χ1) is 10.0. The van der Waals surface area contributed by atoms with Crippen LogP contribution in [0, 0.1) is 5.92 Å². The van der Waals surface area contributed by atoms with Crippen molar-refractivity contribution in [3.8, 4) is 11.6 Å². The molecule has 1 aromatic heterocycles. The smallest absolute Gasteiger partial charge is 0.310 e. The van der Waals surface area contributed by atoms with E-state index in [2.05, 4.69) is 4.99 Å². The summed E-state index contributed by atoms with van der Waals surface area (Å²) < 4.78 is 6.58. The number of nitrogens with zero attached hydrogens (tertiary/aromatic N) is 2. The third kappa shape index (κ3) is 3.52. The van der Waals surface area contributed by atoms with Crippen LogP contribution in [-0.4, -0.2) is 23.0 Å². The summed E-state index contributed by atoms with van der Waals surface area (Å²) in [6.07, 6.45) is 1.50. The second kappa shape index (κ2) is 6.58. The highest BCUT2D eigenvalue weighted by Crippen LogP contribution is 2.27. The van der Waals surface area contributed by atoms with Crippen LogP contribution in [0.15, 0.2) is 34.1 Å².